The highest BCUT2D eigenvalue weighted by atomic mass is 15.0. The van der Waals surface area contributed by atoms with Crippen LogP contribution in [0.15, 0.2) is 152 Å². The molecule has 0 aliphatic carbocycles. The van der Waals surface area contributed by atoms with E-state index >= 15 is 0 Å². The second-order valence-corrected chi connectivity index (χ2v) is 11.0. The second kappa shape index (κ2) is 8.95. The molecule has 0 aliphatic rings. The van der Waals surface area contributed by atoms with Gasteiger partial charge in [0.2, 0.25) is 0 Å². The second-order valence-electron chi connectivity index (χ2n) is 11.0. The molecule has 2 nitrogen and oxygen atoms in total. The van der Waals surface area contributed by atoms with Gasteiger partial charge in [0.05, 0.1) is 16.7 Å². The zero-order valence-corrected chi connectivity index (χ0v) is 22.9. The van der Waals surface area contributed by atoms with E-state index < -0.39 is 0 Å². The first kappa shape index (κ1) is 23.1. The topological polar surface area (TPSA) is 17.0 Å². The van der Waals surface area contributed by atoms with E-state index in [1.807, 2.05) is 0 Å². The standard InChI is InChI=1S/C40H26N2/c1-2-13-28-26(11-1)12-9-22-37(28)42-38-21-8-7-17-32(38)33-24-23-27(25-39(33)42)41-36-20-10-19-35-31-15-4-3-14-29(31)30-16-5-6-18-34(30)40(35)36/h1-25,41H. The Bertz CT molecular complexity index is 2450. The molecule has 1 heterocycles. The van der Waals surface area contributed by atoms with Gasteiger partial charge in [0, 0.05) is 32.9 Å². The van der Waals surface area contributed by atoms with Gasteiger partial charge >= 0.3 is 0 Å². The number of para-hydroxylation sites is 1. The predicted molar refractivity (Wildman–Crippen MR) is 181 cm³/mol. The normalized spacial score (nSPS) is 11.8. The fraction of sp³-hybridized carbons (Fsp3) is 0. The Morgan fingerprint density at radius 3 is 1.71 bits per heavy atom. The number of benzene rings is 8. The molecule has 0 saturated carbocycles. The van der Waals surface area contributed by atoms with Crippen molar-refractivity contribution in [1.82, 2.24) is 4.57 Å². The number of aromatic nitrogens is 1. The van der Waals surface area contributed by atoms with Gasteiger partial charge in [0.15, 0.2) is 0 Å². The summed E-state index contributed by atoms with van der Waals surface area (Å²) in [5, 5.41) is 16.5. The molecule has 0 amide bonds. The summed E-state index contributed by atoms with van der Waals surface area (Å²) in [7, 11) is 0. The van der Waals surface area contributed by atoms with Crippen LogP contribution in [0.3, 0.4) is 0 Å². The molecule has 42 heavy (non-hydrogen) atoms. The fourth-order valence-electron chi connectivity index (χ4n) is 6.93. The van der Waals surface area contributed by atoms with Gasteiger partial charge in [-0.3, -0.25) is 0 Å². The maximum atomic E-state index is 3.84. The summed E-state index contributed by atoms with van der Waals surface area (Å²) in [4.78, 5) is 0. The van der Waals surface area contributed by atoms with Crippen LogP contribution in [0.2, 0.25) is 0 Å². The summed E-state index contributed by atoms with van der Waals surface area (Å²) < 4.78 is 2.42. The Kier molecular flexibility index (Phi) is 4.93. The molecule has 0 atom stereocenters. The molecule has 196 valence electrons. The van der Waals surface area contributed by atoms with Crippen molar-refractivity contribution in [2.24, 2.45) is 0 Å². The summed E-state index contributed by atoms with van der Waals surface area (Å²) in [5.74, 6) is 0. The summed E-state index contributed by atoms with van der Waals surface area (Å²) in [6.07, 6.45) is 0. The highest BCUT2D eigenvalue weighted by Crippen LogP contribution is 2.41. The van der Waals surface area contributed by atoms with E-state index in [1.54, 1.807) is 0 Å². The molecule has 0 saturated heterocycles. The summed E-state index contributed by atoms with van der Waals surface area (Å²) in [5.41, 5.74) is 5.77. The van der Waals surface area contributed by atoms with Crippen LogP contribution in [0, 0.1) is 0 Å². The quantitative estimate of drug-likeness (QED) is 0.223. The van der Waals surface area contributed by atoms with Crippen LogP contribution < -0.4 is 5.32 Å². The van der Waals surface area contributed by atoms with Crippen molar-refractivity contribution in [3.8, 4) is 5.69 Å². The zero-order chi connectivity index (χ0) is 27.6. The monoisotopic (exact) mass is 534 g/mol. The molecular formula is C40H26N2. The van der Waals surface area contributed by atoms with E-state index in [0.29, 0.717) is 0 Å². The van der Waals surface area contributed by atoms with Gasteiger partial charge in [-0.15, -0.1) is 0 Å². The van der Waals surface area contributed by atoms with Gasteiger partial charge in [-0.2, -0.15) is 0 Å². The van der Waals surface area contributed by atoms with Crippen LogP contribution in [0.1, 0.15) is 0 Å². The fourth-order valence-corrected chi connectivity index (χ4v) is 6.93. The lowest BCUT2D eigenvalue weighted by Crippen LogP contribution is -1.97. The maximum absolute atomic E-state index is 3.84. The molecule has 9 aromatic rings. The molecule has 0 unspecified atom stereocenters. The highest BCUT2D eigenvalue weighted by Gasteiger charge is 2.16. The minimum Gasteiger partial charge on any atom is -0.355 e. The molecule has 0 aliphatic heterocycles. The van der Waals surface area contributed by atoms with Crippen molar-refractivity contribution in [1.29, 1.82) is 0 Å². The Hall–Kier alpha value is -5.60. The van der Waals surface area contributed by atoms with E-state index in [-0.39, 0.29) is 0 Å². The molecule has 9 rings (SSSR count). The van der Waals surface area contributed by atoms with E-state index in [4.69, 9.17) is 0 Å². The van der Waals surface area contributed by atoms with Gasteiger partial charge in [-0.05, 0) is 62.6 Å². The molecule has 0 bridgehead atoms. The van der Waals surface area contributed by atoms with Crippen molar-refractivity contribution in [3.05, 3.63) is 152 Å². The van der Waals surface area contributed by atoms with Crippen molar-refractivity contribution in [2.75, 3.05) is 5.32 Å². The number of rotatable bonds is 3. The zero-order valence-electron chi connectivity index (χ0n) is 22.9. The van der Waals surface area contributed by atoms with Crippen molar-refractivity contribution in [2.45, 2.75) is 0 Å². The summed E-state index contributed by atoms with van der Waals surface area (Å²) in [6, 6.07) is 54.8. The smallest absolute Gasteiger partial charge is 0.0562 e. The number of hydrogen-bond donors (Lipinski definition) is 1. The van der Waals surface area contributed by atoms with Crippen LogP contribution in [0.4, 0.5) is 11.4 Å². The third-order valence-electron chi connectivity index (χ3n) is 8.73. The number of hydrogen-bond acceptors (Lipinski definition) is 1. The molecular weight excluding hydrogens is 508 g/mol. The van der Waals surface area contributed by atoms with Crippen LogP contribution in [-0.2, 0) is 0 Å². The summed E-state index contributed by atoms with van der Waals surface area (Å²) in [6.45, 7) is 0. The first-order chi connectivity index (χ1) is 20.8. The minimum absolute atomic E-state index is 1.07. The largest absolute Gasteiger partial charge is 0.355 e. The highest BCUT2D eigenvalue weighted by molar-refractivity contribution is 6.28. The van der Waals surface area contributed by atoms with Gasteiger partial charge in [0.25, 0.3) is 0 Å². The lowest BCUT2D eigenvalue weighted by Gasteiger charge is -2.16. The van der Waals surface area contributed by atoms with Gasteiger partial charge < -0.3 is 9.88 Å². The lowest BCUT2D eigenvalue weighted by atomic mass is 9.93. The first-order valence-corrected chi connectivity index (χ1v) is 14.5. The van der Waals surface area contributed by atoms with Crippen LogP contribution in [0.5, 0.6) is 0 Å². The number of anilines is 2. The minimum atomic E-state index is 1.07. The van der Waals surface area contributed by atoms with E-state index in [1.165, 1.54) is 70.6 Å². The number of fused-ring (bicyclic) bond motifs is 10. The number of nitrogens with zero attached hydrogens (tertiary/aromatic N) is 1. The van der Waals surface area contributed by atoms with E-state index in [0.717, 1.165) is 11.4 Å². The Labute approximate surface area is 243 Å². The Balaban J connectivity index is 1.30. The maximum Gasteiger partial charge on any atom is 0.0562 e. The molecule has 0 fully saturated rings. The van der Waals surface area contributed by atoms with Crippen LogP contribution in [0.25, 0.3) is 70.6 Å². The van der Waals surface area contributed by atoms with Crippen LogP contribution >= 0.6 is 0 Å². The average molecular weight is 535 g/mol. The lowest BCUT2D eigenvalue weighted by molar-refractivity contribution is 1.20. The van der Waals surface area contributed by atoms with Crippen LogP contribution in [-0.4, -0.2) is 4.57 Å². The average Bonchev–Trinajstić information content (AvgIpc) is 3.38. The van der Waals surface area contributed by atoms with E-state index in [2.05, 4.69) is 162 Å². The predicted octanol–water partition coefficient (Wildman–Crippen LogP) is 11.1. The molecule has 0 spiro atoms. The molecule has 1 aromatic heterocycles. The third kappa shape index (κ3) is 3.33. The van der Waals surface area contributed by atoms with Gasteiger partial charge in [-0.25, -0.2) is 0 Å². The molecule has 2 heteroatoms. The van der Waals surface area contributed by atoms with Crippen molar-refractivity contribution >= 4 is 76.3 Å². The van der Waals surface area contributed by atoms with E-state index in [9.17, 15) is 0 Å². The molecule has 1 N–H and O–H groups in total. The van der Waals surface area contributed by atoms with Crippen molar-refractivity contribution in [3.63, 3.8) is 0 Å². The summed E-state index contributed by atoms with van der Waals surface area (Å²) >= 11 is 0. The SMILES string of the molecule is c1ccc2c(-n3c4ccccc4c4ccc(Nc5cccc6c7ccccc7c7ccccc7c56)cc43)cccc2c1. The number of nitrogens with one attached hydrogen (secondary N) is 1. The molecule has 8 aromatic carbocycles. The third-order valence-corrected chi connectivity index (χ3v) is 8.73. The Morgan fingerprint density at radius 1 is 0.381 bits per heavy atom. The molecule has 0 radical (unpaired) electrons. The first-order valence-electron chi connectivity index (χ1n) is 14.5. The van der Waals surface area contributed by atoms with Gasteiger partial charge in [0.1, 0.15) is 0 Å². The Morgan fingerprint density at radius 2 is 0.929 bits per heavy atom. The van der Waals surface area contributed by atoms with Gasteiger partial charge in [-0.1, -0.05) is 121 Å². The van der Waals surface area contributed by atoms with Crippen molar-refractivity contribution < 1.29 is 0 Å².